The smallest absolute Gasteiger partial charge is 0.344 e. The van der Waals surface area contributed by atoms with Crippen molar-refractivity contribution in [2.45, 2.75) is 18.9 Å². The van der Waals surface area contributed by atoms with Crippen molar-refractivity contribution in [1.82, 2.24) is 14.5 Å². The van der Waals surface area contributed by atoms with Crippen LogP contribution in [0.3, 0.4) is 0 Å². The first-order valence-corrected chi connectivity index (χ1v) is 10.7. The van der Waals surface area contributed by atoms with E-state index in [1.807, 2.05) is 30.3 Å². The van der Waals surface area contributed by atoms with Gasteiger partial charge in [-0.3, -0.25) is 4.57 Å². The predicted octanol–water partition coefficient (Wildman–Crippen LogP) is 3.51. The summed E-state index contributed by atoms with van der Waals surface area (Å²) in [5.74, 6) is 0.721. The highest BCUT2D eigenvalue weighted by molar-refractivity contribution is 6.09. The lowest BCUT2D eigenvalue weighted by Gasteiger charge is -2.12. The van der Waals surface area contributed by atoms with E-state index in [0.29, 0.717) is 46.0 Å². The summed E-state index contributed by atoms with van der Waals surface area (Å²) >= 11 is 0. The van der Waals surface area contributed by atoms with Gasteiger partial charge in [0.05, 0.1) is 37.0 Å². The monoisotopic (exact) mass is 448 g/mol. The molecule has 5 rings (SSSR count). The molecule has 9 heteroatoms. The van der Waals surface area contributed by atoms with E-state index in [4.69, 9.17) is 34.6 Å². The van der Waals surface area contributed by atoms with Crippen LogP contribution in [0.2, 0.25) is 0 Å². The van der Waals surface area contributed by atoms with Gasteiger partial charge in [-0.1, -0.05) is 12.1 Å². The molecule has 0 aliphatic carbocycles. The number of hydrogen-bond donors (Lipinski definition) is 1. The van der Waals surface area contributed by atoms with Crippen molar-refractivity contribution in [2.75, 3.05) is 33.2 Å². The van der Waals surface area contributed by atoms with Crippen molar-refractivity contribution in [3.05, 3.63) is 48.0 Å². The van der Waals surface area contributed by atoms with E-state index in [9.17, 15) is 4.79 Å². The Balaban J connectivity index is 1.67. The molecule has 2 aromatic carbocycles. The lowest BCUT2D eigenvalue weighted by molar-refractivity contribution is 0.0163. The second kappa shape index (κ2) is 8.59. The fourth-order valence-corrected chi connectivity index (χ4v) is 4.10. The minimum atomic E-state index is -0.559. The first-order chi connectivity index (χ1) is 16.1. The number of nitrogen functional groups attached to an aromatic ring is 1. The third-order valence-corrected chi connectivity index (χ3v) is 5.75. The van der Waals surface area contributed by atoms with E-state index < -0.39 is 5.97 Å². The summed E-state index contributed by atoms with van der Waals surface area (Å²) in [6, 6.07) is 12.8. The number of rotatable bonds is 6. The number of benzene rings is 2. The van der Waals surface area contributed by atoms with Crippen molar-refractivity contribution >= 4 is 34.0 Å². The van der Waals surface area contributed by atoms with Crippen LogP contribution in [-0.4, -0.2) is 54.0 Å². The zero-order valence-electron chi connectivity index (χ0n) is 18.4. The summed E-state index contributed by atoms with van der Waals surface area (Å²) in [5, 5.41) is 0. The molecule has 1 saturated heterocycles. The molecule has 2 N–H and O–H groups in total. The number of nitrogens with zero attached hydrogens (tertiary/aromatic N) is 3. The van der Waals surface area contributed by atoms with E-state index in [-0.39, 0.29) is 24.1 Å². The SMILES string of the molecule is COc1ccc(-n2c(N)c(C(=O)OCC3CCCO3)c3nc4ccccc4nc32)cc1OC. The molecule has 3 heterocycles. The Morgan fingerprint density at radius 2 is 1.88 bits per heavy atom. The summed E-state index contributed by atoms with van der Waals surface area (Å²) in [6.07, 6.45) is 1.72. The quantitative estimate of drug-likeness (QED) is 0.446. The van der Waals surface area contributed by atoms with Gasteiger partial charge in [-0.15, -0.1) is 0 Å². The van der Waals surface area contributed by atoms with Gasteiger partial charge in [-0.05, 0) is 37.1 Å². The Labute approximate surface area is 190 Å². The van der Waals surface area contributed by atoms with Crippen LogP contribution >= 0.6 is 0 Å². The van der Waals surface area contributed by atoms with E-state index >= 15 is 0 Å². The highest BCUT2D eigenvalue weighted by atomic mass is 16.6. The van der Waals surface area contributed by atoms with Crippen LogP contribution in [-0.2, 0) is 9.47 Å². The van der Waals surface area contributed by atoms with E-state index in [0.717, 1.165) is 12.8 Å². The predicted molar refractivity (Wildman–Crippen MR) is 123 cm³/mol. The fraction of sp³-hybridized carbons (Fsp3) is 0.292. The van der Waals surface area contributed by atoms with Crippen molar-refractivity contribution in [3.8, 4) is 17.2 Å². The van der Waals surface area contributed by atoms with Gasteiger partial charge in [0.15, 0.2) is 17.1 Å². The van der Waals surface area contributed by atoms with Crippen molar-refractivity contribution in [3.63, 3.8) is 0 Å². The maximum atomic E-state index is 13.2. The average Bonchev–Trinajstić information content (AvgIpc) is 3.46. The van der Waals surface area contributed by atoms with Gasteiger partial charge < -0.3 is 24.7 Å². The molecule has 1 fully saturated rings. The van der Waals surface area contributed by atoms with Crippen LogP contribution < -0.4 is 15.2 Å². The van der Waals surface area contributed by atoms with Gasteiger partial charge in [-0.25, -0.2) is 14.8 Å². The van der Waals surface area contributed by atoms with Crippen LogP contribution in [0.1, 0.15) is 23.2 Å². The lowest BCUT2D eigenvalue weighted by Crippen LogP contribution is -2.18. The fourth-order valence-electron chi connectivity index (χ4n) is 4.10. The molecule has 0 radical (unpaired) electrons. The molecular formula is C24H24N4O5. The van der Waals surface area contributed by atoms with Gasteiger partial charge >= 0.3 is 5.97 Å². The standard InChI is InChI=1S/C24H24N4O5/c1-30-18-10-9-14(12-19(18)31-2)28-22(25)20(24(29)33-13-15-6-5-11-32-15)21-23(28)27-17-8-4-3-7-16(17)26-21/h3-4,7-10,12,15H,5-6,11,13,25H2,1-2H3. The third-order valence-electron chi connectivity index (χ3n) is 5.75. The zero-order chi connectivity index (χ0) is 22.9. The zero-order valence-corrected chi connectivity index (χ0v) is 18.4. The van der Waals surface area contributed by atoms with E-state index in [1.165, 1.54) is 0 Å². The maximum absolute atomic E-state index is 13.2. The molecule has 1 aliphatic rings. The highest BCUT2D eigenvalue weighted by Gasteiger charge is 2.27. The largest absolute Gasteiger partial charge is 0.493 e. The van der Waals surface area contributed by atoms with Crippen LogP contribution in [0.5, 0.6) is 11.5 Å². The summed E-state index contributed by atoms with van der Waals surface area (Å²) in [5.41, 5.74) is 9.52. The minimum Gasteiger partial charge on any atom is -0.493 e. The number of anilines is 1. The molecule has 170 valence electrons. The number of carbonyl (C=O) groups is 1. The number of nitrogens with two attached hydrogens (primary N) is 1. The first kappa shape index (κ1) is 21.0. The number of para-hydroxylation sites is 2. The van der Waals surface area contributed by atoms with Gasteiger partial charge in [0.1, 0.15) is 23.5 Å². The average molecular weight is 448 g/mol. The van der Waals surface area contributed by atoms with Gasteiger partial charge in [0.25, 0.3) is 0 Å². The third kappa shape index (κ3) is 3.70. The Kier molecular flexibility index (Phi) is 5.47. The summed E-state index contributed by atoms with van der Waals surface area (Å²) in [6.45, 7) is 0.850. The normalized spacial score (nSPS) is 15.8. The number of carbonyl (C=O) groups excluding carboxylic acids is 1. The van der Waals surface area contributed by atoms with Gasteiger partial charge in [0, 0.05) is 12.7 Å². The van der Waals surface area contributed by atoms with E-state index in [2.05, 4.69) is 0 Å². The van der Waals surface area contributed by atoms with Crippen LogP contribution in [0, 0.1) is 0 Å². The molecule has 33 heavy (non-hydrogen) atoms. The second-order valence-corrected chi connectivity index (χ2v) is 7.75. The summed E-state index contributed by atoms with van der Waals surface area (Å²) in [4.78, 5) is 22.6. The Morgan fingerprint density at radius 1 is 1.12 bits per heavy atom. The van der Waals surface area contributed by atoms with Crippen molar-refractivity contribution in [2.24, 2.45) is 0 Å². The van der Waals surface area contributed by atoms with Crippen LogP contribution in [0.15, 0.2) is 42.5 Å². The minimum absolute atomic E-state index is 0.0960. The van der Waals surface area contributed by atoms with Crippen molar-refractivity contribution < 1.29 is 23.7 Å². The number of aromatic nitrogens is 3. The van der Waals surface area contributed by atoms with Gasteiger partial charge in [0.2, 0.25) is 0 Å². The van der Waals surface area contributed by atoms with Crippen LogP contribution in [0.4, 0.5) is 5.82 Å². The number of esters is 1. The molecule has 9 nitrogen and oxygen atoms in total. The Hall–Kier alpha value is -3.85. The lowest BCUT2D eigenvalue weighted by atomic mass is 10.2. The first-order valence-electron chi connectivity index (χ1n) is 10.7. The topological polar surface area (TPSA) is 111 Å². The van der Waals surface area contributed by atoms with Crippen molar-refractivity contribution in [1.29, 1.82) is 0 Å². The Bertz CT molecular complexity index is 1340. The molecule has 0 bridgehead atoms. The molecule has 1 aliphatic heterocycles. The molecule has 2 aromatic heterocycles. The molecule has 4 aromatic rings. The second-order valence-electron chi connectivity index (χ2n) is 7.75. The summed E-state index contributed by atoms with van der Waals surface area (Å²) in [7, 11) is 3.12. The van der Waals surface area contributed by atoms with E-state index in [1.54, 1.807) is 30.9 Å². The molecule has 0 saturated carbocycles. The molecule has 0 amide bonds. The number of hydrogen-bond acceptors (Lipinski definition) is 8. The van der Waals surface area contributed by atoms with Gasteiger partial charge in [-0.2, -0.15) is 0 Å². The maximum Gasteiger partial charge on any atom is 0.344 e. The highest BCUT2D eigenvalue weighted by Crippen LogP contribution is 2.35. The molecule has 1 unspecified atom stereocenters. The number of ether oxygens (including phenoxy) is 4. The number of fused-ring (bicyclic) bond motifs is 2. The molecule has 1 atom stereocenters. The summed E-state index contributed by atoms with van der Waals surface area (Å²) < 4.78 is 23.6. The van der Waals surface area contributed by atoms with Crippen LogP contribution in [0.25, 0.3) is 27.9 Å². The molecular weight excluding hydrogens is 424 g/mol. The number of methoxy groups -OCH3 is 2. The Morgan fingerprint density at radius 3 is 2.58 bits per heavy atom. The molecule has 0 spiro atoms.